The fourth-order valence-corrected chi connectivity index (χ4v) is 5.20. The third kappa shape index (κ3) is 4.80. The van der Waals surface area contributed by atoms with E-state index >= 15 is 0 Å². The lowest BCUT2D eigenvalue weighted by Crippen LogP contribution is -2.41. The Labute approximate surface area is 179 Å². The molecule has 0 radical (unpaired) electrons. The molecule has 3 aromatic rings. The number of pyridine rings is 1. The van der Waals surface area contributed by atoms with Crippen molar-refractivity contribution in [1.82, 2.24) is 9.29 Å². The fourth-order valence-electron chi connectivity index (χ4n) is 3.42. The summed E-state index contributed by atoms with van der Waals surface area (Å²) in [6.07, 6.45) is 1.41. The van der Waals surface area contributed by atoms with E-state index in [1.54, 1.807) is 12.1 Å². The highest BCUT2D eigenvalue weighted by molar-refractivity contribution is 7.89. The van der Waals surface area contributed by atoms with E-state index in [0.29, 0.717) is 5.82 Å². The van der Waals surface area contributed by atoms with Crippen LogP contribution in [0.25, 0.3) is 0 Å². The molecule has 1 heterocycles. The third-order valence-corrected chi connectivity index (χ3v) is 6.82. The van der Waals surface area contributed by atoms with Crippen molar-refractivity contribution in [3.05, 3.63) is 79.0 Å². The highest BCUT2D eigenvalue weighted by atomic mass is 32.2. The van der Waals surface area contributed by atoms with E-state index in [2.05, 4.69) is 10.4 Å². The van der Waals surface area contributed by atoms with Crippen molar-refractivity contribution in [3.8, 4) is 0 Å². The minimum absolute atomic E-state index is 0.139. The molecule has 7 heteroatoms. The molecule has 0 aliphatic carbocycles. The summed E-state index contributed by atoms with van der Waals surface area (Å²) in [7, 11) is -3.62. The zero-order chi connectivity index (χ0) is 21.7. The van der Waals surface area contributed by atoms with Crippen LogP contribution in [0.2, 0.25) is 0 Å². The van der Waals surface area contributed by atoms with Gasteiger partial charge in [0.15, 0.2) is 0 Å². The fraction of sp³-hybridized carbons (Fsp3) is 0.261. The highest BCUT2D eigenvalue weighted by Gasteiger charge is 2.29. The molecule has 0 aliphatic rings. The molecule has 0 fully saturated rings. The van der Waals surface area contributed by atoms with E-state index < -0.39 is 10.0 Å². The maximum atomic E-state index is 13.0. The lowest BCUT2D eigenvalue weighted by molar-refractivity contribution is 0.302. The number of nitrogens with zero attached hydrogens (tertiary/aromatic N) is 3. The predicted molar refractivity (Wildman–Crippen MR) is 122 cm³/mol. The first-order valence-electron chi connectivity index (χ1n) is 9.97. The quantitative estimate of drug-likeness (QED) is 0.512. The van der Waals surface area contributed by atoms with Crippen molar-refractivity contribution in [2.75, 3.05) is 10.4 Å². The Morgan fingerprint density at radius 3 is 1.67 bits per heavy atom. The normalized spacial score (nSPS) is 11.8. The molecule has 1 N–H and O–H groups in total. The van der Waals surface area contributed by atoms with E-state index in [1.165, 1.54) is 10.5 Å². The smallest absolute Gasteiger partial charge is 0.245 e. The molecule has 0 amide bonds. The van der Waals surface area contributed by atoms with Crippen molar-refractivity contribution in [3.63, 3.8) is 0 Å². The highest BCUT2D eigenvalue weighted by Crippen LogP contribution is 2.26. The summed E-state index contributed by atoms with van der Waals surface area (Å²) >= 11 is 0. The Hall–Kier alpha value is -2.90. The first-order chi connectivity index (χ1) is 14.3. The molecule has 0 bridgehead atoms. The maximum Gasteiger partial charge on any atom is 0.245 e. The molecule has 2 aromatic carbocycles. The number of benzene rings is 2. The van der Waals surface area contributed by atoms with Gasteiger partial charge in [-0.1, -0.05) is 36.4 Å². The molecule has 158 valence electrons. The van der Waals surface area contributed by atoms with E-state index in [9.17, 15) is 8.42 Å². The molecule has 0 unspecified atom stereocenters. The van der Waals surface area contributed by atoms with Crippen molar-refractivity contribution in [2.45, 2.75) is 44.7 Å². The third-order valence-electron chi connectivity index (χ3n) is 4.58. The number of hydrogen-bond donors (Lipinski definition) is 1. The van der Waals surface area contributed by atoms with Gasteiger partial charge in [-0.3, -0.25) is 10.4 Å². The standard InChI is InChI=1S/C23H28N4O2S/c1-18(2)27(19(3)4)30(28,29)22-15-16-23(24-17-22)25-26(20-11-7-5-8-12-20)21-13-9-6-10-14-21/h5-19H,1-4H3,(H,24,25). The van der Waals surface area contributed by atoms with Crippen molar-refractivity contribution in [1.29, 1.82) is 0 Å². The van der Waals surface area contributed by atoms with Gasteiger partial charge >= 0.3 is 0 Å². The summed E-state index contributed by atoms with van der Waals surface area (Å²) < 4.78 is 27.6. The molecular formula is C23H28N4O2S. The summed E-state index contributed by atoms with van der Waals surface area (Å²) in [5, 5.41) is 1.91. The summed E-state index contributed by atoms with van der Waals surface area (Å²) in [6, 6.07) is 22.7. The van der Waals surface area contributed by atoms with Crippen LogP contribution in [0.3, 0.4) is 0 Å². The number of aromatic nitrogens is 1. The van der Waals surface area contributed by atoms with Crippen LogP contribution in [0.5, 0.6) is 0 Å². The average Bonchev–Trinajstić information content (AvgIpc) is 2.73. The average molecular weight is 425 g/mol. The van der Waals surface area contributed by atoms with Gasteiger partial charge in [0.2, 0.25) is 10.0 Å². The van der Waals surface area contributed by atoms with Crippen LogP contribution >= 0.6 is 0 Å². The first-order valence-corrected chi connectivity index (χ1v) is 11.4. The Morgan fingerprint density at radius 2 is 1.27 bits per heavy atom. The largest absolute Gasteiger partial charge is 0.277 e. The van der Waals surface area contributed by atoms with E-state index in [1.807, 2.05) is 93.4 Å². The number of nitrogens with one attached hydrogen (secondary N) is 1. The second-order valence-electron chi connectivity index (χ2n) is 7.52. The van der Waals surface area contributed by atoms with Gasteiger partial charge in [0.1, 0.15) is 10.7 Å². The van der Waals surface area contributed by atoms with Crippen molar-refractivity contribution in [2.24, 2.45) is 0 Å². The van der Waals surface area contributed by atoms with Crippen molar-refractivity contribution < 1.29 is 8.42 Å². The summed E-state index contributed by atoms with van der Waals surface area (Å²) in [5.74, 6) is 0.544. The Morgan fingerprint density at radius 1 is 0.767 bits per heavy atom. The SMILES string of the molecule is CC(C)N(C(C)C)S(=O)(=O)c1ccc(NN(c2ccccc2)c2ccccc2)nc1. The molecule has 6 nitrogen and oxygen atoms in total. The van der Waals surface area contributed by atoms with Gasteiger partial charge in [-0.2, -0.15) is 4.31 Å². The van der Waals surface area contributed by atoms with Gasteiger partial charge in [-0.15, -0.1) is 0 Å². The topological polar surface area (TPSA) is 65.5 Å². The van der Waals surface area contributed by atoms with Crippen LogP contribution in [0.15, 0.2) is 83.9 Å². The number of hydrazine groups is 1. The van der Waals surface area contributed by atoms with Gasteiger partial charge < -0.3 is 0 Å². The molecule has 0 saturated heterocycles. The van der Waals surface area contributed by atoms with Crippen LogP contribution in [-0.4, -0.2) is 29.8 Å². The van der Waals surface area contributed by atoms with Gasteiger partial charge in [0.25, 0.3) is 0 Å². The molecular weight excluding hydrogens is 396 g/mol. The second-order valence-corrected chi connectivity index (χ2v) is 9.36. The van der Waals surface area contributed by atoms with Crippen LogP contribution in [0.1, 0.15) is 27.7 Å². The minimum atomic E-state index is -3.62. The lowest BCUT2D eigenvalue weighted by atomic mass is 10.2. The molecule has 0 saturated carbocycles. The number of sulfonamides is 1. The van der Waals surface area contributed by atoms with Gasteiger partial charge in [0, 0.05) is 18.3 Å². The predicted octanol–water partition coefficient (Wildman–Crippen LogP) is 5.05. The number of hydrogen-bond acceptors (Lipinski definition) is 5. The van der Waals surface area contributed by atoms with Crippen LogP contribution in [0, 0.1) is 0 Å². The van der Waals surface area contributed by atoms with Gasteiger partial charge in [-0.25, -0.2) is 13.4 Å². The Balaban J connectivity index is 1.90. The van der Waals surface area contributed by atoms with Gasteiger partial charge in [-0.05, 0) is 64.1 Å². The lowest BCUT2D eigenvalue weighted by Gasteiger charge is -2.29. The molecule has 0 atom stereocenters. The van der Waals surface area contributed by atoms with E-state index in [-0.39, 0.29) is 17.0 Å². The van der Waals surface area contributed by atoms with Crippen LogP contribution in [-0.2, 0) is 10.0 Å². The summed E-state index contributed by atoms with van der Waals surface area (Å²) in [4.78, 5) is 4.56. The number of para-hydroxylation sites is 2. The zero-order valence-corrected chi connectivity index (χ0v) is 18.5. The molecule has 30 heavy (non-hydrogen) atoms. The van der Waals surface area contributed by atoms with Crippen LogP contribution in [0.4, 0.5) is 17.2 Å². The second kappa shape index (κ2) is 9.28. The molecule has 0 aliphatic heterocycles. The van der Waals surface area contributed by atoms with Crippen LogP contribution < -0.4 is 10.4 Å². The van der Waals surface area contributed by atoms with E-state index in [4.69, 9.17) is 0 Å². The Kier molecular flexibility index (Phi) is 6.74. The van der Waals surface area contributed by atoms with Gasteiger partial charge in [0.05, 0.1) is 11.4 Å². The number of anilines is 3. The number of rotatable bonds is 8. The first kappa shape index (κ1) is 21.8. The zero-order valence-electron chi connectivity index (χ0n) is 17.7. The minimum Gasteiger partial charge on any atom is -0.277 e. The monoisotopic (exact) mass is 424 g/mol. The summed E-state index contributed by atoms with van der Waals surface area (Å²) in [6.45, 7) is 7.49. The molecule has 3 rings (SSSR count). The van der Waals surface area contributed by atoms with E-state index in [0.717, 1.165) is 11.4 Å². The summed E-state index contributed by atoms with van der Waals surface area (Å²) in [5.41, 5.74) is 5.15. The molecule has 1 aromatic heterocycles. The molecule has 0 spiro atoms. The maximum absolute atomic E-state index is 13.0. The van der Waals surface area contributed by atoms with Crippen molar-refractivity contribution >= 4 is 27.2 Å². The Bertz CT molecular complexity index is 990.